The van der Waals surface area contributed by atoms with Crippen LogP contribution in [0.1, 0.15) is 31.2 Å². The Morgan fingerprint density at radius 1 is 1.33 bits per heavy atom. The Kier molecular flexibility index (Phi) is 4.36. The molecule has 2 rings (SSSR count). The van der Waals surface area contributed by atoms with Gasteiger partial charge in [0.2, 0.25) is 0 Å². The molecule has 0 saturated carbocycles. The number of aromatic amines is 1. The summed E-state index contributed by atoms with van der Waals surface area (Å²) < 4.78 is 26.6. The third kappa shape index (κ3) is 2.73. The van der Waals surface area contributed by atoms with Crippen molar-refractivity contribution >= 4 is 10.0 Å². The Labute approximate surface area is 108 Å². The van der Waals surface area contributed by atoms with Gasteiger partial charge in [-0.25, -0.2) is 8.42 Å². The number of H-pyrrole nitrogens is 1. The second kappa shape index (κ2) is 5.81. The van der Waals surface area contributed by atoms with Crippen LogP contribution in [0.25, 0.3) is 0 Å². The van der Waals surface area contributed by atoms with Gasteiger partial charge in [0, 0.05) is 25.2 Å². The summed E-state index contributed by atoms with van der Waals surface area (Å²) in [7, 11) is -1.63. The van der Waals surface area contributed by atoms with Crippen molar-refractivity contribution in [2.75, 3.05) is 20.1 Å². The zero-order valence-corrected chi connectivity index (χ0v) is 11.5. The lowest BCUT2D eigenvalue weighted by molar-refractivity contribution is 0.420. The van der Waals surface area contributed by atoms with Crippen LogP contribution >= 0.6 is 0 Å². The van der Waals surface area contributed by atoms with E-state index >= 15 is 0 Å². The van der Waals surface area contributed by atoms with Gasteiger partial charge in [-0.15, -0.1) is 0 Å². The molecule has 0 bridgehead atoms. The SMILES string of the molecule is CNCc1cn[nH]c1S(=O)(=O)N1CCCCCC1. The maximum absolute atomic E-state index is 12.5. The summed E-state index contributed by atoms with van der Waals surface area (Å²) in [5.41, 5.74) is 0.696. The van der Waals surface area contributed by atoms with E-state index in [1.807, 2.05) is 0 Å². The molecule has 0 radical (unpaired) electrons. The van der Waals surface area contributed by atoms with E-state index in [9.17, 15) is 8.42 Å². The van der Waals surface area contributed by atoms with Crippen LogP contribution in [0, 0.1) is 0 Å². The van der Waals surface area contributed by atoms with E-state index in [1.165, 1.54) is 0 Å². The molecule has 6 nitrogen and oxygen atoms in total. The molecule has 18 heavy (non-hydrogen) atoms. The fourth-order valence-corrected chi connectivity index (χ4v) is 3.87. The Bertz CT molecular complexity index is 475. The minimum atomic E-state index is -3.42. The number of sulfonamides is 1. The monoisotopic (exact) mass is 272 g/mol. The zero-order chi connectivity index (χ0) is 13.0. The van der Waals surface area contributed by atoms with E-state index < -0.39 is 10.0 Å². The van der Waals surface area contributed by atoms with Gasteiger partial charge < -0.3 is 5.32 Å². The average molecular weight is 272 g/mol. The van der Waals surface area contributed by atoms with Crippen molar-refractivity contribution in [3.05, 3.63) is 11.8 Å². The van der Waals surface area contributed by atoms with Crippen LogP contribution in [0.2, 0.25) is 0 Å². The first-order chi connectivity index (χ1) is 8.66. The third-order valence-electron chi connectivity index (χ3n) is 3.21. The van der Waals surface area contributed by atoms with Gasteiger partial charge in [-0.05, 0) is 19.9 Å². The van der Waals surface area contributed by atoms with Crippen LogP contribution in [-0.2, 0) is 16.6 Å². The first kappa shape index (κ1) is 13.5. The molecule has 1 aliphatic rings. The number of hydrogen-bond acceptors (Lipinski definition) is 4. The Hall–Kier alpha value is -0.920. The minimum Gasteiger partial charge on any atom is -0.316 e. The third-order valence-corrected chi connectivity index (χ3v) is 5.12. The van der Waals surface area contributed by atoms with Crippen LogP contribution in [-0.4, -0.2) is 43.1 Å². The van der Waals surface area contributed by atoms with Crippen molar-refractivity contribution in [1.82, 2.24) is 19.8 Å². The van der Waals surface area contributed by atoms with E-state index in [2.05, 4.69) is 15.5 Å². The lowest BCUT2D eigenvalue weighted by atomic mass is 10.2. The molecular weight excluding hydrogens is 252 g/mol. The van der Waals surface area contributed by atoms with Gasteiger partial charge >= 0.3 is 0 Å². The maximum atomic E-state index is 12.5. The Morgan fingerprint density at radius 3 is 2.61 bits per heavy atom. The van der Waals surface area contributed by atoms with Gasteiger partial charge in [0.05, 0.1) is 6.20 Å². The highest BCUT2D eigenvalue weighted by Crippen LogP contribution is 2.21. The number of nitrogens with one attached hydrogen (secondary N) is 2. The predicted molar refractivity (Wildman–Crippen MR) is 68.6 cm³/mol. The molecule has 7 heteroatoms. The maximum Gasteiger partial charge on any atom is 0.260 e. The molecule has 0 aromatic carbocycles. The minimum absolute atomic E-state index is 0.235. The lowest BCUT2D eigenvalue weighted by Crippen LogP contribution is -2.33. The fourth-order valence-electron chi connectivity index (χ4n) is 2.25. The summed E-state index contributed by atoms with van der Waals surface area (Å²) in [5.74, 6) is 0. The molecule has 1 aromatic heterocycles. The van der Waals surface area contributed by atoms with Crippen molar-refractivity contribution in [3.63, 3.8) is 0 Å². The summed E-state index contributed by atoms with van der Waals surface area (Å²) in [6.07, 6.45) is 5.67. The molecule has 0 spiro atoms. The summed E-state index contributed by atoms with van der Waals surface area (Å²) in [4.78, 5) is 0. The lowest BCUT2D eigenvalue weighted by Gasteiger charge is -2.19. The highest BCUT2D eigenvalue weighted by molar-refractivity contribution is 7.89. The largest absolute Gasteiger partial charge is 0.316 e. The van der Waals surface area contributed by atoms with E-state index in [-0.39, 0.29) is 5.03 Å². The molecule has 1 aliphatic heterocycles. The van der Waals surface area contributed by atoms with Crippen LogP contribution in [0.5, 0.6) is 0 Å². The van der Waals surface area contributed by atoms with Gasteiger partial charge in [0.15, 0.2) is 5.03 Å². The van der Waals surface area contributed by atoms with Crippen LogP contribution < -0.4 is 5.32 Å². The molecule has 1 fully saturated rings. The number of nitrogens with zero attached hydrogens (tertiary/aromatic N) is 2. The van der Waals surface area contributed by atoms with Crippen molar-refractivity contribution < 1.29 is 8.42 Å². The summed E-state index contributed by atoms with van der Waals surface area (Å²) in [6.45, 7) is 1.72. The van der Waals surface area contributed by atoms with Gasteiger partial charge in [0.25, 0.3) is 10.0 Å². The van der Waals surface area contributed by atoms with Crippen LogP contribution in [0.4, 0.5) is 0 Å². The molecule has 0 unspecified atom stereocenters. The van der Waals surface area contributed by atoms with Crippen molar-refractivity contribution in [1.29, 1.82) is 0 Å². The molecule has 1 saturated heterocycles. The molecule has 102 valence electrons. The smallest absolute Gasteiger partial charge is 0.260 e. The molecule has 1 aromatic rings. The molecular formula is C11H20N4O2S. The van der Waals surface area contributed by atoms with Gasteiger partial charge in [-0.1, -0.05) is 12.8 Å². The van der Waals surface area contributed by atoms with E-state index in [0.717, 1.165) is 25.7 Å². The van der Waals surface area contributed by atoms with E-state index in [0.29, 0.717) is 25.2 Å². The topological polar surface area (TPSA) is 78.1 Å². The molecule has 2 heterocycles. The highest BCUT2D eigenvalue weighted by atomic mass is 32.2. The number of hydrogen-bond donors (Lipinski definition) is 2. The molecule has 0 amide bonds. The number of rotatable bonds is 4. The van der Waals surface area contributed by atoms with Crippen molar-refractivity contribution in [2.45, 2.75) is 37.3 Å². The summed E-state index contributed by atoms with van der Waals surface area (Å²) >= 11 is 0. The standard InChI is InChI=1S/C11H20N4O2S/c1-12-8-10-9-13-14-11(10)18(16,17)15-6-4-2-3-5-7-15/h9,12H,2-8H2,1H3,(H,13,14). The van der Waals surface area contributed by atoms with Crippen LogP contribution in [0.3, 0.4) is 0 Å². The van der Waals surface area contributed by atoms with Gasteiger partial charge in [-0.2, -0.15) is 9.40 Å². The highest BCUT2D eigenvalue weighted by Gasteiger charge is 2.28. The average Bonchev–Trinajstić information content (AvgIpc) is 2.64. The summed E-state index contributed by atoms with van der Waals surface area (Å²) in [5, 5.41) is 9.67. The van der Waals surface area contributed by atoms with Gasteiger partial charge in [-0.3, -0.25) is 5.10 Å². The number of aromatic nitrogens is 2. The molecule has 0 atom stereocenters. The second-order valence-corrected chi connectivity index (χ2v) is 6.45. The van der Waals surface area contributed by atoms with Crippen molar-refractivity contribution in [2.24, 2.45) is 0 Å². The Morgan fingerprint density at radius 2 is 2.00 bits per heavy atom. The first-order valence-electron chi connectivity index (χ1n) is 6.33. The first-order valence-corrected chi connectivity index (χ1v) is 7.77. The Balaban J connectivity index is 2.25. The van der Waals surface area contributed by atoms with E-state index in [4.69, 9.17) is 0 Å². The second-order valence-electron chi connectivity index (χ2n) is 4.57. The van der Waals surface area contributed by atoms with Gasteiger partial charge in [0.1, 0.15) is 0 Å². The zero-order valence-electron chi connectivity index (χ0n) is 10.6. The van der Waals surface area contributed by atoms with Crippen LogP contribution in [0.15, 0.2) is 11.2 Å². The fraction of sp³-hybridized carbons (Fsp3) is 0.727. The summed E-state index contributed by atoms with van der Waals surface area (Å²) in [6, 6.07) is 0. The quantitative estimate of drug-likeness (QED) is 0.845. The normalized spacial score (nSPS) is 18.7. The molecule has 0 aliphatic carbocycles. The van der Waals surface area contributed by atoms with E-state index in [1.54, 1.807) is 17.5 Å². The molecule has 2 N–H and O–H groups in total. The van der Waals surface area contributed by atoms with Crippen molar-refractivity contribution in [3.8, 4) is 0 Å². The predicted octanol–water partition coefficient (Wildman–Crippen LogP) is 0.694.